The summed E-state index contributed by atoms with van der Waals surface area (Å²) >= 11 is 5.97. The lowest BCUT2D eigenvalue weighted by atomic mass is 10.2. The van der Waals surface area contributed by atoms with Crippen LogP contribution < -0.4 is 5.32 Å². The molecule has 0 amide bonds. The Hall–Kier alpha value is -2.12. The van der Waals surface area contributed by atoms with E-state index in [-0.39, 0.29) is 0 Å². The number of benzene rings is 1. The van der Waals surface area contributed by atoms with Crippen LogP contribution in [0.15, 0.2) is 30.3 Å². The second kappa shape index (κ2) is 6.17. The topological polar surface area (TPSA) is 61.6 Å². The van der Waals surface area contributed by atoms with E-state index in [2.05, 4.69) is 28.3 Å². The third-order valence-electron chi connectivity index (χ3n) is 2.50. The Morgan fingerprint density at radius 1 is 1.26 bits per heavy atom. The molecule has 0 aliphatic rings. The van der Waals surface area contributed by atoms with Gasteiger partial charge in [-0.1, -0.05) is 18.5 Å². The number of hydrogen-bond acceptors (Lipinski definition) is 4. The van der Waals surface area contributed by atoms with Crippen molar-refractivity contribution in [3.63, 3.8) is 0 Å². The number of halogens is 1. The van der Waals surface area contributed by atoms with E-state index in [0.717, 1.165) is 24.4 Å². The van der Waals surface area contributed by atoms with E-state index < -0.39 is 0 Å². The van der Waals surface area contributed by atoms with Crippen molar-refractivity contribution in [3.8, 4) is 6.07 Å². The SMILES string of the molecule is CCCc1nc(Cl)cc(Nc2ccc(C#N)cc2)n1. The fraction of sp³-hybridized carbons (Fsp3) is 0.214. The molecule has 4 nitrogen and oxygen atoms in total. The van der Waals surface area contributed by atoms with E-state index >= 15 is 0 Å². The van der Waals surface area contributed by atoms with E-state index in [4.69, 9.17) is 16.9 Å². The zero-order chi connectivity index (χ0) is 13.7. The largest absolute Gasteiger partial charge is 0.340 e. The van der Waals surface area contributed by atoms with Gasteiger partial charge in [-0.05, 0) is 30.7 Å². The summed E-state index contributed by atoms with van der Waals surface area (Å²) in [6, 6.07) is 10.9. The molecule has 1 heterocycles. The lowest BCUT2D eigenvalue weighted by Gasteiger charge is -2.07. The first-order valence-electron chi connectivity index (χ1n) is 6.02. The number of aromatic nitrogens is 2. The normalized spacial score (nSPS) is 9.95. The summed E-state index contributed by atoms with van der Waals surface area (Å²) in [5.41, 5.74) is 1.48. The Morgan fingerprint density at radius 2 is 2.00 bits per heavy atom. The molecule has 1 aromatic heterocycles. The summed E-state index contributed by atoms with van der Waals surface area (Å²) < 4.78 is 0. The molecule has 1 aromatic carbocycles. The predicted molar refractivity (Wildman–Crippen MR) is 75.5 cm³/mol. The molecule has 0 atom stereocenters. The van der Waals surface area contributed by atoms with Crippen LogP contribution in [0.2, 0.25) is 5.15 Å². The molecular weight excluding hydrogens is 260 g/mol. The van der Waals surface area contributed by atoms with Crippen molar-refractivity contribution in [2.45, 2.75) is 19.8 Å². The highest BCUT2D eigenvalue weighted by Gasteiger charge is 2.03. The van der Waals surface area contributed by atoms with Gasteiger partial charge in [0.15, 0.2) is 0 Å². The van der Waals surface area contributed by atoms with Gasteiger partial charge >= 0.3 is 0 Å². The molecule has 0 aliphatic heterocycles. The molecule has 2 aromatic rings. The van der Waals surface area contributed by atoms with E-state index in [1.165, 1.54) is 0 Å². The lowest BCUT2D eigenvalue weighted by molar-refractivity contribution is 0.837. The maximum absolute atomic E-state index is 8.74. The minimum atomic E-state index is 0.426. The first-order chi connectivity index (χ1) is 9.21. The third-order valence-corrected chi connectivity index (χ3v) is 2.69. The molecule has 2 rings (SSSR count). The van der Waals surface area contributed by atoms with E-state index in [0.29, 0.717) is 16.5 Å². The van der Waals surface area contributed by atoms with Crippen LogP contribution in [0.25, 0.3) is 0 Å². The minimum absolute atomic E-state index is 0.426. The highest BCUT2D eigenvalue weighted by molar-refractivity contribution is 6.29. The number of rotatable bonds is 4. The molecule has 0 unspecified atom stereocenters. The summed E-state index contributed by atoms with van der Waals surface area (Å²) in [4.78, 5) is 8.55. The van der Waals surface area contributed by atoms with Gasteiger partial charge < -0.3 is 5.32 Å². The molecule has 5 heteroatoms. The zero-order valence-corrected chi connectivity index (χ0v) is 11.3. The Kier molecular flexibility index (Phi) is 4.32. The summed E-state index contributed by atoms with van der Waals surface area (Å²) in [5.74, 6) is 1.39. The molecule has 0 radical (unpaired) electrons. The summed E-state index contributed by atoms with van der Waals surface area (Å²) in [6.07, 6.45) is 1.76. The molecule has 0 bridgehead atoms. The molecule has 1 N–H and O–H groups in total. The second-order valence-electron chi connectivity index (χ2n) is 4.06. The molecule has 96 valence electrons. The van der Waals surface area contributed by atoms with Gasteiger partial charge in [0.25, 0.3) is 0 Å². The van der Waals surface area contributed by atoms with Gasteiger partial charge in [-0.2, -0.15) is 5.26 Å². The Labute approximate surface area is 117 Å². The number of anilines is 2. The molecule has 0 aliphatic carbocycles. The number of aryl methyl sites for hydroxylation is 1. The summed E-state index contributed by atoms with van der Waals surface area (Å²) in [5, 5.41) is 12.3. The fourth-order valence-corrected chi connectivity index (χ4v) is 1.84. The molecule has 0 saturated heterocycles. The van der Waals surface area contributed by atoms with E-state index in [1.54, 1.807) is 18.2 Å². The van der Waals surface area contributed by atoms with Gasteiger partial charge in [0.2, 0.25) is 0 Å². The zero-order valence-electron chi connectivity index (χ0n) is 10.5. The Morgan fingerprint density at radius 3 is 2.63 bits per heavy atom. The van der Waals surface area contributed by atoms with Crippen molar-refractivity contribution >= 4 is 23.1 Å². The first-order valence-corrected chi connectivity index (χ1v) is 6.39. The highest BCUT2D eigenvalue weighted by atomic mass is 35.5. The van der Waals surface area contributed by atoms with Gasteiger partial charge in [0, 0.05) is 18.2 Å². The highest BCUT2D eigenvalue weighted by Crippen LogP contribution is 2.18. The van der Waals surface area contributed by atoms with E-state index in [9.17, 15) is 0 Å². The van der Waals surface area contributed by atoms with E-state index in [1.807, 2.05) is 12.1 Å². The van der Waals surface area contributed by atoms with Crippen LogP contribution in [0.4, 0.5) is 11.5 Å². The van der Waals surface area contributed by atoms with Crippen LogP contribution >= 0.6 is 11.6 Å². The van der Waals surface area contributed by atoms with Crippen molar-refractivity contribution < 1.29 is 0 Å². The van der Waals surface area contributed by atoms with Crippen LogP contribution in [0, 0.1) is 11.3 Å². The average Bonchev–Trinajstić information content (AvgIpc) is 2.39. The van der Waals surface area contributed by atoms with Gasteiger partial charge in [-0.25, -0.2) is 9.97 Å². The predicted octanol–water partition coefficient (Wildman–Crippen LogP) is 3.70. The van der Waals surface area contributed by atoms with Gasteiger partial charge in [-0.15, -0.1) is 0 Å². The van der Waals surface area contributed by atoms with Gasteiger partial charge in [-0.3, -0.25) is 0 Å². The minimum Gasteiger partial charge on any atom is -0.340 e. The molecule has 0 saturated carbocycles. The fourth-order valence-electron chi connectivity index (χ4n) is 1.64. The molecule has 19 heavy (non-hydrogen) atoms. The van der Waals surface area contributed by atoms with Crippen molar-refractivity contribution in [2.75, 3.05) is 5.32 Å². The first kappa shape index (κ1) is 13.3. The maximum atomic E-state index is 8.74. The van der Waals surface area contributed by atoms with Gasteiger partial charge in [0.05, 0.1) is 11.6 Å². The Balaban J connectivity index is 2.20. The monoisotopic (exact) mass is 272 g/mol. The number of nitriles is 1. The summed E-state index contributed by atoms with van der Waals surface area (Å²) in [6.45, 7) is 2.07. The number of hydrogen-bond donors (Lipinski definition) is 1. The lowest BCUT2D eigenvalue weighted by Crippen LogP contribution is -2.00. The quantitative estimate of drug-likeness (QED) is 0.862. The van der Waals surface area contributed by atoms with Crippen LogP contribution in [0.5, 0.6) is 0 Å². The third kappa shape index (κ3) is 3.67. The van der Waals surface area contributed by atoms with Crippen molar-refractivity contribution in [3.05, 3.63) is 46.9 Å². The van der Waals surface area contributed by atoms with Crippen molar-refractivity contribution in [1.29, 1.82) is 5.26 Å². The molecular formula is C14H13ClN4. The van der Waals surface area contributed by atoms with Crippen LogP contribution in [0.3, 0.4) is 0 Å². The van der Waals surface area contributed by atoms with Crippen molar-refractivity contribution in [2.24, 2.45) is 0 Å². The second-order valence-corrected chi connectivity index (χ2v) is 4.44. The smallest absolute Gasteiger partial charge is 0.135 e. The molecule has 0 spiro atoms. The van der Waals surface area contributed by atoms with Gasteiger partial charge in [0.1, 0.15) is 16.8 Å². The number of nitrogens with zero attached hydrogens (tertiary/aromatic N) is 3. The summed E-state index contributed by atoms with van der Waals surface area (Å²) in [7, 11) is 0. The average molecular weight is 273 g/mol. The number of nitrogens with one attached hydrogen (secondary N) is 1. The Bertz CT molecular complexity index is 602. The standard InChI is InChI=1S/C14H13ClN4/c1-2-3-13-18-12(15)8-14(19-13)17-11-6-4-10(9-16)5-7-11/h4-8H,2-3H2,1H3,(H,17,18,19). The van der Waals surface area contributed by atoms with Crippen LogP contribution in [0.1, 0.15) is 24.7 Å². The van der Waals surface area contributed by atoms with Crippen LogP contribution in [-0.4, -0.2) is 9.97 Å². The van der Waals surface area contributed by atoms with Crippen molar-refractivity contribution in [1.82, 2.24) is 9.97 Å². The van der Waals surface area contributed by atoms with Crippen LogP contribution in [-0.2, 0) is 6.42 Å². The maximum Gasteiger partial charge on any atom is 0.135 e. The molecule has 0 fully saturated rings.